The third-order valence-electron chi connectivity index (χ3n) is 3.13. The zero-order valence-corrected chi connectivity index (χ0v) is 13.7. The van der Waals surface area contributed by atoms with Crippen LogP contribution in [0, 0.1) is 6.92 Å². The SMILES string of the molecule is COc1ccc(S(=O)(=O)CCCC(=O)Nc2cc(C)no2)cc1. The lowest BCUT2D eigenvalue weighted by Crippen LogP contribution is -2.14. The molecule has 2 rings (SSSR count). The van der Waals surface area contributed by atoms with E-state index in [0.29, 0.717) is 11.4 Å². The van der Waals surface area contributed by atoms with Gasteiger partial charge < -0.3 is 9.26 Å². The number of carbonyl (C=O) groups excluding carboxylic acids is 1. The van der Waals surface area contributed by atoms with E-state index in [0.717, 1.165) is 0 Å². The number of rotatable bonds is 7. The Morgan fingerprint density at radius 2 is 2.00 bits per heavy atom. The van der Waals surface area contributed by atoms with Gasteiger partial charge in [0.05, 0.1) is 23.5 Å². The summed E-state index contributed by atoms with van der Waals surface area (Å²) in [6.45, 7) is 1.74. The number of nitrogens with one attached hydrogen (secondary N) is 1. The van der Waals surface area contributed by atoms with Crippen LogP contribution in [-0.2, 0) is 14.6 Å². The molecular weight excluding hydrogens is 320 g/mol. The predicted molar refractivity (Wildman–Crippen MR) is 84.2 cm³/mol. The number of carbonyl (C=O) groups is 1. The van der Waals surface area contributed by atoms with E-state index in [1.807, 2.05) is 0 Å². The number of ether oxygens (including phenoxy) is 1. The lowest BCUT2D eigenvalue weighted by molar-refractivity contribution is -0.116. The van der Waals surface area contributed by atoms with Crippen LogP contribution < -0.4 is 10.1 Å². The first kappa shape index (κ1) is 17.0. The third-order valence-corrected chi connectivity index (χ3v) is 4.94. The highest BCUT2D eigenvalue weighted by atomic mass is 32.2. The molecule has 0 spiro atoms. The first-order chi connectivity index (χ1) is 10.9. The highest BCUT2D eigenvalue weighted by Crippen LogP contribution is 2.18. The Morgan fingerprint density at radius 1 is 1.30 bits per heavy atom. The standard InChI is InChI=1S/C15H18N2O5S/c1-11-10-15(22-17-11)16-14(18)4-3-9-23(19,20)13-7-5-12(21-2)6-8-13/h5-8,10H,3-4,9H2,1-2H3,(H,16,18). The fourth-order valence-corrected chi connectivity index (χ4v) is 3.26. The summed E-state index contributed by atoms with van der Waals surface area (Å²) in [5.41, 5.74) is 0.655. The van der Waals surface area contributed by atoms with Gasteiger partial charge in [-0.05, 0) is 37.6 Å². The Balaban J connectivity index is 1.85. The van der Waals surface area contributed by atoms with Crippen molar-refractivity contribution >= 4 is 21.6 Å². The van der Waals surface area contributed by atoms with E-state index in [4.69, 9.17) is 9.26 Å². The van der Waals surface area contributed by atoms with Crippen molar-refractivity contribution in [2.75, 3.05) is 18.2 Å². The van der Waals surface area contributed by atoms with Crippen molar-refractivity contribution < 1.29 is 22.5 Å². The zero-order valence-electron chi connectivity index (χ0n) is 12.9. The van der Waals surface area contributed by atoms with Gasteiger partial charge in [0.1, 0.15) is 5.75 Å². The van der Waals surface area contributed by atoms with Crippen molar-refractivity contribution in [1.29, 1.82) is 0 Å². The molecule has 0 bridgehead atoms. The molecule has 0 aliphatic heterocycles. The average Bonchev–Trinajstić information content (AvgIpc) is 2.92. The van der Waals surface area contributed by atoms with Gasteiger partial charge in [-0.2, -0.15) is 0 Å². The number of aryl methyl sites for hydroxylation is 1. The van der Waals surface area contributed by atoms with Gasteiger partial charge in [0.15, 0.2) is 9.84 Å². The molecule has 124 valence electrons. The first-order valence-corrected chi connectivity index (χ1v) is 8.66. The number of methoxy groups -OCH3 is 1. The number of sulfone groups is 1. The minimum absolute atomic E-state index is 0.0785. The van der Waals surface area contributed by atoms with Crippen molar-refractivity contribution in [3.63, 3.8) is 0 Å². The Hall–Kier alpha value is -2.35. The van der Waals surface area contributed by atoms with Gasteiger partial charge >= 0.3 is 0 Å². The Bertz CT molecular complexity index is 765. The molecule has 2 aromatic rings. The fraction of sp³-hybridized carbons (Fsp3) is 0.333. The van der Waals surface area contributed by atoms with Crippen molar-refractivity contribution in [3.05, 3.63) is 36.0 Å². The largest absolute Gasteiger partial charge is 0.497 e. The van der Waals surface area contributed by atoms with Gasteiger partial charge in [0, 0.05) is 12.5 Å². The lowest BCUT2D eigenvalue weighted by Gasteiger charge is -2.05. The maximum Gasteiger partial charge on any atom is 0.231 e. The monoisotopic (exact) mass is 338 g/mol. The molecule has 0 saturated carbocycles. The lowest BCUT2D eigenvalue weighted by atomic mass is 10.3. The third kappa shape index (κ3) is 4.82. The van der Waals surface area contributed by atoms with Crippen LogP contribution in [0.5, 0.6) is 5.75 Å². The van der Waals surface area contributed by atoms with Crippen molar-refractivity contribution in [2.45, 2.75) is 24.7 Å². The van der Waals surface area contributed by atoms with E-state index < -0.39 is 9.84 Å². The molecule has 7 nitrogen and oxygen atoms in total. The van der Waals surface area contributed by atoms with Crippen LogP contribution in [0.15, 0.2) is 39.8 Å². The van der Waals surface area contributed by atoms with Crippen LogP contribution in [0.3, 0.4) is 0 Å². The Labute approximate surface area is 134 Å². The number of anilines is 1. The van der Waals surface area contributed by atoms with Gasteiger partial charge in [0.25, 0.3) is 0 Å². The molecule has 23 heavy (non-hydrogen) atoms. The molecule has 1 N–H and O–H groups in total. The van der Waals surface area contributed by atoms with E-state index in [1.165, 1.54) is 19.2 Å². The maximum atomic E-state index is 12.2. The maximum absolute atomic E-state index is 12.2. The summed E-state index contributed by atoms with van der Waals surface area (Å²) in [5, 5.41) is 6.17. The molecule has 1 aromatic carbocycles. The van der Waals surface area contributed by atoms with E-state index in [1.54, 1.807) is 25.1 Å². The summed E-state index contributed by atoms with van der Waals surface area (Å²) in [4.78, 5) is 11.9. The Kier molecular flexibility index (Phi) is 5.38. The second-order valence-corrected chi connectivity index (χ2v) is 7.09. The molecule has 8 heteroatoms. The minimum Gasteiger partial charge on any atom is -0.497 e. The number of hydrogen-bond donors (Lipinski definition) is 1. The summed E-state index contributed by atoms with van der Waals surface area (Å²) in [5.74, 6) is 0.421. The van der Waals surface area contributed by atoms with Crippen molar-refractivity contribution in [3.8, 4) is 5.75 Å². The number of amides is 1. The van der Waals surface area contributed by atoms with Crippen LogP contribution in [0.25, 0.3) is 0 Å². The summed E-state index contributed by atoms with van der Waals surface area (Å²) >= 11 is 0. The number of nitrogens with zero attached hydrogens (tertiary/aromatic N) is 1. The second kappa shape index (κ2) is 7.28. The van der Waals surface area contributed by atoms with Crippen molar-refractivity contribution in [1.82, 2.24) is 5.16 Å². The van der Waals surface area contributed by atoms with Crippen LogP contribution >= 0.6 is 0 Å². The van der Waals surface area contributed by atoms with Gasteiger partial charge in [-0.3, -0.25) is 10.1 Å². The molecule has 1 heterocycles. The van der Waals surface area contributed by atoms with E-state index in [2.05, 4.69) is 10.5 Å². The highest BCUT2D eigenvalue weighted by Gasteiger charge is 2.15. The molecule has 1 amide bonds. The smallest absolute Gasteiger partial charge is 0.231 e. The van der Waals surface area contributed by atoms with Gasteiger partial charge in [-0.1, -0.05) is 5.16 Å². The fourth-order valence-electron chi connectivity index (χ4n) is 1.95. The minimum atomic E-state index is -3.42. The predicted octanol–water partition coefficient (Wildman–Crippen LogP) is 2.18. The Morgan fingerprint density at radius 3 is 2.57 bits per heavy atom. The molecule has 0 radical (unpaired) electrons. The molecule has 0 aliphatic carbocycles. The van der Waals surface area contributed by atoms with E-state index >= 15 is 0 Å². The molecule has 0 aliphatic rings. The second-order valence-electron chi connectivity index (χ2n) is 4.98. The molecule has 0 unspecified atom stereocenters. The van der Waals surface area contributed by atoms with Crippen LogP contribution in [0.1, 0.15) is 18.5 Å². The molecule has 0 saturated heterocycles. The van der Waals surface area contributed by atoms with Crippen LogP contribution in [-0.4, -0.2) is 32.3 Å². The first-order valence-electron chi connectivity index (χ1n) is 7.01. The summed E-state index contributed by atoms with van der Waals surface area (Å²) in [6.07, 6.45) is 0.294. The zero-order chi connectivity index (χ0) is 16.9. The summed E-state index contributed by atoms with van der Waals surface area (Å²) < 4.78 is 34.2. The van der Waals surface area contributed by atoms with Crippen LogP contribution in [0.2, 0.25) is 0 Å². The number of aromatic nitrogens is 1. The summed E-state index contributed by atoms with van der Waals surface area (Å²) in [7, 11) is -1.91. The quantitative estimate of drug-likeness (QED) is 0.831. The van der Waals surface area contributed by atoms with Gasteiger partial charge in [0.2, 0.25) is 11.8 Å². The van der Waals surface area contributed by atoms with Gasteiger partial charge in [-0.15, -0.1) is 0 Å². The van der Waals surface area contributed by atoms with Crippen molar-refractivity contribution in [2.24, 2.45) is 0 Å². The summed E-state index contributed by atoms with van der Waals surface area (Å²) in [6, 6.07) is 7.75. The van der Waals surface area contributed by atoms with Crippen LogP contribution in [0.4, 0.5) is 5.88 Å². The molecule has 0 fully saturated rings. The normalized spacial score (nSPS) is 11.2. The number of hydrogen-bond acceptors (Lipinski definition) is 6. The van der Waals surface area contributed by atoms with Gasteiger partial charge in [-0.25, -0.2) is 8.42 Å². The average molecular weight is 338 g/mol. The number of benzene rings is 1. The van der Waals surface area contributed by atoms with E-state index in [9.17, 15) is 13.2 Å². The molecule has 0 atom stereocenters. The molecule has 1 aromatic heterocycles. The molecular formula is C15H18N2O5S. The topological polar surface area (TPSA) is 98.5 Å². The van der Waals surface area contributed by atoms with E-state index in [-0.39, 0.29) is 35.3 Å². The highest BCUT2D eigenvalue weighted by molar-refractivity contribution is 7.91.